The van der Waals surface area contributed by atoms with Crippen molar-refractivity contribution in [1.82, 2.24) is 14.5 Å². The van der Waals surface area contributed by atoms with Gasteiger partial charge in [-0.25, -0.2) is 4.98 Å². The first kappa shape index (κ1) is 16.3. The van der Waals surface area contributed by atoms with Gasteiger partial charge in [0.15, 0.2) is 5.79 Å². The van der Waals surface area contributed by atoms with Crippen LogP contribution in [-0.2, 0) is 22.4 Å². The minimum Gasteiger partial charge on any atom is -0.347 e. The summed E-state index contributed by atoms with van der Waals surface area (Å²) >= 11 is 0. The molecule has 0 N–H and O–H groups in total. The molecule has 4 heterocycles. The van der Waals surface area contributed by atoms with E-state index < -0.39 is 5.79 Å². The quantitative estimate of drug-likeness (QED) is 0.789. The number of carbonyl (C=O) groups excluding carboxylic acids is 1. The Bertz CT molecular complexity index is 843. The Balaban J connectivity index is 1.36. The third kappa shape index (κ3) is 2.63. The molecule has 6 nitrogen and oxygen atoms in total. The van der Waals surface area contributed by atoms with Crippen molar-refractivity contribution in [3.63, 3.8) is 0 Å². The maximum Gasteiger partial charge on any atom is 0.253 e. The fourth-order valence-electron chi connectivity index (χ4n) is 4.50. The molecule has 1 aromatic heterocycles. The molecule has 3 aliphatic heterocycles. The summed E-state index contributed by atoms with van der Waals surface area (Å²) in [4.78, 5) is 19.7. The summed E-state index contributed by atoms with van der Waals surface area (Å²) in [6, 6.07) is 5.97. The second-order valence-corrected chi connectivity index (χ2v) is 7.88. The Morgan fingerprint density at radius 3 is 2.73 bits per heavy atom. The highest BCUT2D eigenvalue weighted by molar-refractivity contribution is 5.97. The molecule has 1 aromatic carbocycles. The molecule has 5 rings (SSSR count). The molecule has 0 saturated carbocycles. The predicted octanol–water partition coefficient (Wildman–Crippen LogP) is 2.60. The van der Waals surface area contributed by atoms with Crippen LogP contribution < -0.4 is 0 Å². The van der Waals surface area contributed by atoms with Crippen molar-refractivity contribution in [3.05, 3.63) is 29.6 Å². The number of aryl methyl sites for hydroxylation is 1. The van der Waals surface area contributed by atoms with Gasteiger partial charge in [0.1, 0.15) is 5.82 Å². The van der Waals surface area contributed by atoms with Gasteiger partial charge in [-0.1, -0.05) is 6.92 Å². The summed E-state index contributed by atoms with van der Waals surface area (Å²) in [5.74, 6) is 1.47. The Labute approximate surface area is 153 Å². The van der Waals surface area contributed by atoms with Gasteiger partial charge in [-0.2, -0.15) is 0 Å². The van der Waals surface area contributed by atoms with Crippen molar-refractivity contribution in [2.75, 3.05) is 26.3 Å². The van der Waals surface area contributed by atoms with Crippen LogP contribution in [0.1, 0.15) is 42.4 Å². The number of benzene rings is 1. The van der Waals surface area contributed by atoms with E-state index in [1.807, 2.05) is 17.0 Å². The summed E-state index contributed by atoms with van der Waals surface area (Å²) in [5, 5.41) is 0. The SMILES string of the molecule is C[C@H]1CCn2c(nc3cc(C(=O)N4CCC5(CC4)OCCO5)ccc32)C1. The molecule has 1 amide bonds. The number of ether oxygens (including phenoxy) is 2. The van der Waals surface area contributed by atoms with Gasteiger partial charge >= 0.3 is 0 Å². The van der Waals surface area contributed by atoms with Crippen molar-refractivity contribution in [1.29, 1.82) is 0 Å². The van der Waals surface area contributed by atoms with E-state index in [1.165, 1.54) is 6.42 Å². The number of nitrogens with zero attached hydrogens (tertiary/aromatic N) is 3. The zero-order chi connectivity index (χ0) is 17.7. The van der Waals surface area contributed by atoms with Gasteiger partial charge < -0.3 is 18.9 Å². The number of rotatable bonds is 1. The van der Waals surface area contributed by atoms with Gasteiger partial charge in [-0.05, 0) is 30.5 Å². The lowest BCUT2D eigenvalue weighted by Gasteiger charge is -2.37. The summed E-state index contributed by atoms with van der Waals surface area (Å²) < 4.78 is 13.8. The molecule has 0 unspecified atom stereocenters. The molecule has 1 spiro atoms. The molecule has 2 aromatic rings. The molecule has 1 atom stereocenters. The molecule has 3 aliphatic rings. The lowest BCUT2D eigenvalue weighted by molar-refractivity contribution is -0.181. The number of carbonyl (C=O) groups is 1. The fourth-order valence-corrected chi connectivity index (χ4v) is 4.50. The van der Waals surface area contributed by atoms with Gasteiger partial charge in [-0.15, -0.1) is 0 Å². The van der Waals surface area contributed by atoms with Crippen molar-refractivity contribution in [3.8, 4) is 0 Å². The molecule has 6 heteroatoms. The van der Waals surface area contributed by atoms with Crippen LogP contribution in [0.5, 0.6) is 0 Å². The van der Waals surface area contributed by atoms with E-state index in [0.717, 1.165) is 48.2 Å². The molecular weight excluding hydrogens is 330 g/mol. The number of fused-ring (bicyclic) bond motifs is 3. The summed E-state index contributed by atoms with van der Waals surface area (Å²) in [6.45, 7) is 5.97. The van der Waals surface area contributed by atoms with E-state index in [1.54, 1.807) is 0 Å². The fraction of sp³-hybridized carbons (Fsp3) is 0.600. The molecule has 0 radical (unpaired) electrons. The topological polar surface area (TPSA) is 56.6 Å². The molecule has 0 bridgehead atoms. The third-order valence-corrected chi connectivity index (χ3v) is 6.08. The van der Waals surface area contributed by atoms with Gasteiger partial charge in [0.25, 0.3) is 5.91 Å². The van der Waals surface area contributed by atoms with Gasteiger partial charge in [0.2, 0.25) is 0 Å². The first-order valence-corrected chi connectivity index (χ1v) is 9.70. The van der Waals surface area contributed by atoms with E-state index >= 15 is 0 Å². The normalized spacial score (nSPS) is 25.0. The van der Waals surface area contributed by atoms with Gasteiger partial charge in [-0.3, -0.25) is 4.79 Å². The maximum atomic E-state index is 13.0. The summed E-state index contributed by atoms with van der Waals surface area (Å²) in [6.07, 6.45) is 3.71. The second-order valence-electron chi connectivity index (χ2n) is 7.88. The predicted molar refractivity (Wildman–Crippen MR) is 97.0 cm³/mol. The van der Waals surface area contributed by atoms with Crippen molar-refractivity contribution < 1.29 is 14.3 Å². The highest BCUT2D eigenvalue weighted by atomic mass is 16.7. The number of amides is 1. The van der Waals surface area contributed by atoms with Gasteiger partial charge in [0.05, 0.1) is 24.2 Å². The van der Waals surface area contributed by atoms with E-state index in [4.69, 9.17) is 14.5 Å². The molecule has 0 aliphatic carbocycles. The average Bonchev–Trinajstić information content (AvgIpc) is 3.25. The zero-order valence-electron chi connectivity index (χ0n) is 15.2. The number of hydrogen-bond acceptors (Lipinski definition) is 4. The van der Waals surface area contributed by atoms with Gasteiger partial charge in [0, 0.05) is 44.5 Å². The van der Waals surface area contributed by atoms with Crippen LogP contribution in [-0.4, -0.2) is 52.4 Å². The molecule has 2 saturated heterocycles. The Hall–Kier alpha value is -1.92. The highest BCUT2D eigenvalue weighted by Crippen LogP contribution is 2.32. The summed E-state index contributed by atoms with van der Waals surface area (Å²) in [7, 11) is 0. The third-order valence-electron chi connectivity index (χ3n) is 6.08. The van der Waals surface area contributed by atoms with E-state index in [2.05, 4.69) is 17.6 Å². The molecule has 2 fully saturated rings. The van der Waals surface area contributed by atoms with Crippen molar-refractivity contribution in [2.45, 2.75) is 44.9 Å². The second kappa shape index (κ2) is 6.06. The number of aromatic nitrogens is 2. The number of piperidine rings is 1. The standard InChI is InChI=1S/C20H25N3O3/c1-14-4-7-23-17-3-2-15(13-16(17)21-18(23)12-14)19(24)22-8-5-20(6-9-22)25-10-11-26-20/h2-3,13-14H,4-12H2,1H3/t14-/m0/s1. The molecule has 138 valence electrons. The minimum atomic E-state index is -0.444. The van der Waals surface area contributed by atoms with Crippen molar-refractivity contribution >= 4 is 16.9 Å². The molecular formula is C20H25N3O3. The smallest absolute Gasteiger partial charge is 0.253 e. The van der Waals surface area contributed by atoms with Crippen LogP contribution >= 0.6 is 0 Å². The van der Waals surface area contributed by atoms with Crippen LogP contribution in [0.4, 0.5) is 0 Å². The minimum absolute atomic E-state index is 0.0825. The van der Waals surface area contributed by atoms with Crippen LogP contribution in [0.15, 0.2) is 18.2 Å². The van der Waals surface area contributed by atoms with E-state index in [-0.39, 0.29) is 5.91 Å². The molecule has 26 heavy (non-hydrogen) atoms. The van der Waals surface area contributed by atoms with E-state index in [0.29, 0.717) is 32.2 Å². The first-order valence-electron chi connectivity index (χ1n) is 9.70. The number of imidazole rings is 1. The van der Waals surface area contributed by atoms with E-state index in [9.17, 15) is 4.79 Å². The zero-order valence-corrected chi connectivity index (χ0v) is 15.2. The monoisotopic (exact) mass is 355 g/mol. The van der Waals surface area contributed by atoms with Crippen molar-refractivity contribution in [2.24, 2.45) is 5.92 Å². The lowest BCUT2D eigenvalue weighted by Crippen LogP contribution is -2.47. The van der Waals surface area contributed by atoms with Crippen LogP contribution in [0.3, 0.4) is 0 Å². The largest absolute Gasteiger partial charge is 0.347 e. The number of hydrogen-bond donors (Lipinski definition) is 0. The first-order chi connectivity index (χ1) is 12.6. The maximum absolute atomic E-state index is 13.0. The van der Waals surface area contributed by atoms with Crippen LogP contribution in [0.25, 0.3) is 11.0 Å². The Morgan fingerprint density at radius 2 is 1.96 bits per heavy atom. The number of likely N-dealkylation sites (tertiary alicyclic amines) is 1. The van der Waals surface area contributed by atoms with Crippen LogP contribution in [0, 0.1) is 5.92 Å². The lowest BCUT2D eigenvalue weighted by atomic mass is 10.0. The Kier molecular flexibility index (Phi) is 3.79. The summed E-state index contributed by atoms with van der Waals surface area (Å²) in [5.41, 5.74) is 2.81. The van der Waals surface area contributed by atoms with Crippen LogP contribution in [0.2, 0.25) is 0 Å². The Morgan fingerprint density at radius 1 is 1.19 bits per heavy atom. The average molecular weight is 355 g/mol. The highest BCUT2D eigenvalue weighted by Gasteiger charge is 2.40.